The first-order valence-electron chi connectivity index (χ1n) is 10.1. The van der Waals surface area contributed by atoms with Crippen molar-refractivity contribution >= 4 is 35.1 Å². The summed E-state index contributed by atoms with van der Waals surface area (Å²) in [6.45, 7) is 10.4. The van der Waals surface area contributed by atoms with Crippen LogP contribution in [-0.4, -0.2) is 65.4 Å². The highest BCUT2D eigenvalue weighted by molar-refractivity contribution is 6.32. The van der Waals surface area contributed by atoms with E-state index in [9.17, 15) is 14.4 Å². The van der Waals surface area contributed by atoms with Gasteiger partial charge in [-0.2, -0.15) is 0 Å². The standard InChI is InChI=1S/C21H27ClN4O3/c1-5-24-9-10-25-15-8-6-7-14(22)13(15)11-21(16(25)12-24)17(27)23-19(29)26(18(21)28)20(2,3)4/h6-8,16H,5,9-12H2,1-4H3,(H,23,27,29)/t16-,21-/m1/s1. The molecule has 8 heteroatoms. The van der Waals surface area contributed by atoms with Crippen molar-refractivity contribution in [3.8, 4) is 0 Å². The minimum Gasteiger partial charge on any atom is -0.364 e. The lowest BCUT2D eigenvalue weighted by Crippen LogP contribution is -2.76. The largest absolute Gasteiger partial charge is 0.364 e. The molecule has 1 aromatic carbocycles. The quantitative estimate of drug-likeness (QED) is 0.708. The second-order valence-electron chi connectivity index (χ2n) is 9.06. The number of nitrogens with zero attached hydrogens (tertiary/aromatic N) is 3. The number of barbiturate groups is 1. The minimum absolute atomic E-state index is 0.186. The molecule has 3 heterocycles. The summed E-state index contributed by atoms with van der Waals surface area (Å²) < 4.78 is 0. The van der Waals surface area contributed by atoms with Gasteiger partial charge in [0.25, 0.3) is 0 Å². The Bertz CT molecular complexity index is 896. The molecule has 0 bridgehead atoms. The molecule has 156 valence electrons. The van der Waals surface area contributed by atoms with Gasteiger partial charge < -0.3 is 4.90 Å². The average molecular weight is 419 g/mol. The van der Waals surface area contributed by atoms with Gasteiger partial charge in [-0.05, 0) is 45.0 Å². The molecule has 0 unspecified atom stereocenters. The molecule has 0 aromatic heterocycles. The number of piperazine rings is 1. The maximum atomic E-state index is 13.9. The second kappa shape index (κ2) is 6.71. The molecule has 3 aliphatic heterocycles. The summed E-state index contributed by atoms with van der Waals surface area (Å²) in [4.78, 5) is 45.5. The van der Waals surface area contributed by atoms with E-state index in [1.807, 2.05) is 12.1 Å². The molecule has 1 N–H and O–H groups in total. The van der Waals surface area contributed by atoms with Crippen molar-refractivity contribution in [1.29, 1.82) is 0 Å². The van der Waals surface area contributed by atoms with E-state index in [-0.39, 0.29) is 12.5 Å². The Morgan fingerprint density at radius 1 is 1.21 bits per heavy atom. The van der Waals surface area contributed by atoms with E-state index in [1.165, 1.54) is 4.90 Å². The van der Waals surface area contributed by atoms with Crippen LogP contribution in [0.4, 0.5) is 10.5 Å². The third-order valence-corrected chi connectivity index (χ3v) is 6.78. The van der Waals surface area contributed by atoms with Crippen molar-refractivity contribution in [3.63, 3.8) is 0 Å². The van der Waals surface area contributed by atoms with Gasteiger partial charge in [-0.25, -0.2) is 4.79 Å². The Labute approximate surface area is 176 Å². The number of hydrogen-bond donors (Lipinski definition) is 1. The third kappa shape index (κ3) is 2.86. The zero-order valence-electron chi connectivity index (χ0n) is 17.3. The van der Waals surface area contributed by atoms with Gasteiger partial charge in [0.05, 0.1) is 6.04 Å². The monoisotopic (exact) mass is 418 g/mol. The minimum atomic E-state index is -1.40. The lowest BCUT2D eigenvalue weighted by atomic mass is 9.67. The van der Waals surface area contributed by atoms with Gasteiger partial charge >= 0.3 is 6.03 Å². The molecule has 7 nitrogen and oxygen atoms in total. The fraction of sp³-hybridized carbons (Fsp3) is 0.571. The van der Waals surface area contributed by atoms with E-state index in [2.05, 4.69) is 22.0 Å². The third-order valence-electron chi connectivity index (χ3n) is 6.42. The van der Waals surface area contributed by atoms with Crippen LogP contribution in [0.2, 0.25) is 5.02 Å². The van der Waals surface area contributed by atoms with Crippen molar-refractivity contribution in [2.75, 3.05) is 31.1 Å². The summed E-state index contributed by atoms with van der Waals surface area (Å²) in [7, 11) is 0. The maximum Gasteiger partial charge on any atom is 0.331 e. The normalized spacial score (nSPS) is 27.8. The fourth-order valence-corrected chi connectivity index (χ4v) is 5.17. The molecule has 1 spiro atoms. The smallest absolute Gasteiger partial charge is 0.331 e. The number of carbonyl (C=O) groups excluding carboxylic acids is 3. The molecular weight excluding hydrogens is 392 g/mol. The van der Waals surface area contributed by atoms with E-state index < -0.39 is 28.8 Å². The molecule has 1 aromatic rings. The number of likely N-dealkylation sites (N-methyl/N-ethyl adjacent to an activating group) is 1. The molecule has 0 aliphatic carbocycles. The van der Waals surface area contributed by atoms with Crippen LogP contribution >= 0.6 is 11.6 Å². The lowest BCUT2D eigenvalue weighted by molar-refractivity contribution is -0.157. The Morgan fingerprint density at radius 2 is 1.93 bits per heavy atom. The highest BCUT2D eigenvalue weighted by atomic mass is 35.5. The zero-order chi connectivity index (χ0) is 21.1. The zero-order valence-corrected chi connectivity index (χ0v) is 18.0. The summed E-state index contributed by atoms with van der Waals surface area (Å²) in [5, 5.41) is 3.02. The summed E-state index contributed by atoms with van der Waals surface area (Å²) in [6, 6.07) is 4.66. The number of rotatable bonds is 1. The molecular formula is C21H27ClN4O3. The van der Waals surface area contributed by atoms with Crippen molar-refractivity contribution in [1.82, 2.24) is 15.1 Å². The van der Waals surface area contributed by atoms with Crippen molar-refractivity contribution < 1.29 is 14.4 Å². The molecule has 2 saturated heterocycles. The summed E-state index contributed by atoms with van der Waals surface area (Å²) in [6.07, 6.45) is 0.186. The maximum absolute atomic E-state index is 13.9. The number of nitrogens with one attached hydrogen (secondary N) is 1. The molecule has 4 rings (SSSR count). The van der Waals surface area contributed by atoms with Gasteiger partial charge in [-0.3, -0.25) is 24.7 Å². The van der Waals surface area contributed by atoms with E-state index in [4.69, 9.17) is 11.6 Å². The van der Waals surface area contributed by atoms with Gasteiger partial charge in [-0.15, -0.1) is 0 Å². The van der Waals surface area contributed by atoms with Gasteiger partial charge in [0, 0.05) is 42.3 Å². The van der Waals surface area contributed by atoms with Crippen LogP contribution in [0.25, 0.3) is 0 Å². The van der Waals surface area contributed by atoms with Crippen molar-refractivity contribution in [2.24, 2.45) is 5.41 Å². The number of urea groups is 1. The topological polar surface area (TPSA) is 73.0 Å². The van der Waals surface area contributed by atoms with E-state index in [0.717, 1.165) is 24.3 Å². The summed E-state index contributed by atoms with van der Waals surface area (Å²) in [5.74, 6) is -0.955. The molecule has 3 aliphatic rings. The van der Waals surface area contributed by atoms with Gasteiger partial charge in [0.1, 0.15) is 0 Å². The van der Waals surface area contributed by atoms with Crippen LogP contribution in [0.3, 0.4) is 0 Å². The Balaban J connectivity index is 1.92. The second-order valence-corrected chi connectivity index (χ2v) is 9.47. The molecule has 0 radical (unpaired) electrons. The summed E-state index contributed by atoms with van der Waals surface area (Å²) >= 11 is 6.52. The Hall–Kier alpha value is -2.12. The van der Waals surface area contributed by atoms with E-state index in [0.29, 0.717) is 18.1 Å². The number of anilines is 1. The number of amides is 4. The van der Waals surface area contributed by atoms with Crippen molar-refractivity contribution in [2.45, 2.75) is 45.7 Å². The Kier molecular flexibility index (Phi) is 4.66. The molecule has 2 atom stereocenters. The van der Waals surface area contributed by atoms with E-state index >= 15 is 0 Å². The molecule has 4 amide bonds. The first-order valence-corrected chi connectivity index (χ1v) is 10.5. The first kappa shape index (κ1) is 20.2. The predicted octanol–water partition coefficient (Wildman–Crippen LogP) is 2.27. The predicted molar refractivity (Wildman–Crippen MR) is 111 cm³/mol. The molecule has 29 heavy (non-hydrogen) atoms. The number of hydrogen-bond acceptors (Lipinski definition) is 5. The number of halogens is 1. The molecule has 2 fully saturated rings. The number of benzene rings is 1. The highest BCUT2D eigenvalue weighted by Crippen LogP contribution is 2.48. The van der Waals surface area contributed by atoms with Gasteiger partial charge in [0.15, 0.2) is 5.41 Å². The van der Waals surface area contributed by atoms with Crippen LogP contribution in [0.1, 0.15) is 33.3 Å². The van der Waals surface area contributed by atoms with E-state index in [1.54, 1.807) is 26.8 Å². The number of imide groups is 2. The van der Waals surface area contributed by atoms with Crippen molar-refractivity contribution in [3.05, 3.63) is 28.8 Å². The van der Waals surface area contributed by atoms with Gasteiger partial charge in [0.2, 0.25) is 11.8 Å². The highest BCUT2D eigenvalue weighted by Gasteiger charge is 2.64. The van der Waals surface area contributed by atoms with Crippen LogP contribution in [-0.2, 0) is 16.0 Å². The van der Waals surface area contributed by atoms with Crippen LogP contribution in [0.5, 0.6) is 0 Å². The van der Waals surface area contributed by atoms with Crippen LogP contribution in [0, 0.1) is 5.41 Å². The number of carbonyl (C=O) groups is 3. The number of fused-ring (bicyclic) bond motifs is 4. The average Bonchev–Trinajstić information content (AvgIpc) is 2.65. The lowest BCUT2D eigenvalue weighted by Gasteiger charge is -2.56. The van der Waals surface area contributed by atoms with Crippen LogP contribution in [0.15, 0.2) is 18.2 Å². The van der Waals surface area contributed by atoms with Crippen LogP contribution < -0.4 is 10.2 Å². The summed E-state index contributed by atoms with van der Waals surface area (Å²) in [5.41, 5.74) is -0.377. The van der Waals surface area contributed by atoms with Gasteiger partial charge in [-0.1, -0.05) is 24.6 Å². The SMILES string of the molecule is CCN1CCN2c3cccc(Cl)c3C[C@]3(C(=O)NC(=O)N(C(C)(C)C)C3=O)[C@H]2C1. The Morgan fingerprint density at radius 3 is 2.59 bits per heavy atom. The first-order chi connectivity index (χ1) is 13.6. The fourth-order valence-electron chi connectivity index (χ4n) is 4.94. The molecule has 0 saturated carbocycles.